The van der Waals surface area contributed by atoms with Gasteiger partial charge in [0.25, 0.3) is 0 Å². The van der Waals surface area contributed by atoms with Gasteiger partial charge in [-0.2, -0.15) is 4.98 Å². The summed E-state index contributed by atoms with van der Waals surface area (Å²) < 4.78 is 15.5. The van der Waals surface area contributed by atoms with Crippen LogP contribution in [0.2, 0.25) is 0 Å². The van der Waals surface area contributed by atoms with Crippen molar-refractivity contribution in [2.45, 2.75) is 6.04 Å². The second kappa shape index (κ2) is 4.07. The third kappa shape index (κ3) is 1.72. The molecule has 16 heavy (non-hydrogen) atoms. The number of furan rings is 1. The first-order valence-corrected chi connectivity index (χ1v) is 5.11. The Labute approximate surface area is 91.6 Å². The summed E-state index contributed by atoms with van der Waals surface area (Å²) in [5, 5.41) is 7.14. The van der Waals surface area contributed by atoms with E-state index >= 15 is 0 Å². The van der Waals surface area contributed by atoms with E-state index in [0.717, 1.165) is 18.7 Å². The average molecular weight is 221 g/mol. The zero-order valence-electron chi connectivity index (χ0n) is 8.55. The van der Waals surface area contributed by atoms with E-state index in [1.807, 2.05) is 0 Å². The molecule has 1 aliphatic rings. The maximum absolute atomic E-state index is 5.33. The number of rotatable bonds is 2. The van der Waals surface area contributed by atoms with E-state index in [1.165, 1.54) is 0 Å². The number of hydrogen-bond donors (Lipinski definition) is 1. The minimum atomic E-state index is -0.0121. The molecule has 0 bridgehead atoms. The molecule has 1 N–H and O–H groups in total. The number of nitrogens with one attached hydrogen (secondary N) is 1. The highest BCUT2D eigenvalue weighted by atomic mass is 16.5. The van der Waals surface area contributed by atoms with E-state index in [4.69, 9.17) is 13.7 Å². The summed E-state index contributed by atoms with van der Waals surface area (Å²) in [4.78, 5) is 4.30. The molecule has 3 rings (SSSR count). The normalized spacial score (nSPS) is 21.1. The number of hydrogen-bond acceptors (Lipinski definition) is 6. The third-order valence-corrected chi connectivity index (χ3v) is 2.44. The van der Waals surface area contributed by atoms with E-state index in [1.54, 1.807) is 18.6 Å². The van der Waals surface area contributed by atoms with Gasteiger partial charge >= 0.3 is 0 Å². The molecule has 84 valence electrons. The first-order valence-electron chi connectivity index (χ1n) is 5.11. The molecule has 0 spiro atoms. The molecule has 0 aliphatic carbocycles. The quantitative estimate of drug-likeness (QED) is 0.815. The Balaban J connectivity index is 1.82. The van der Waals surface area contributed by atoms with Crippen molar-refractivity contribution in [2.24, 2.45) is 0 Å². The fourth-order valence-electron chi connectivity index (χ4n) is 1.61. The van der Waals surface area contributed by atoms with E-state index in [0.29, 0.717) is 18.3 Å². The molecule has 0 radical (unpaired) electrons. The Kier molecular flexibility index (Phi) is 2.43. The van der Waals surface area contributed by atoms with Crippen LogP contribution in [0.4, 0.5) is 0 Å². The lowest BCUT2D eigenvalue weighted by Gasteiger charge is -2.20. The number of morpholine rings is 1. The van der Waals surface area contributed by atoms with Crippen molar-refractivity contribution in [3.63, 3.8) is 0 Å². The smallest absolute Gasteiger partial charge is 0.246 e. The van der Waals surface area contributed by atoms with Gasteiger partial charge in [0.1, 0.15) is 12.3 Å². The van der Waals surface area contributed by atoms with Gasteiger partial charge < -0.3 is 19.0 Å². The minimum Gasteiger partial charge on any atom is -0.472 e. The summed E-state index contributed by atoms with van der Waals surface area (Å²) >= 11 is 0. The molecule has 2 aromatic rings. The topological polar surface area (TPSA) is 73.3 Å². The summed E-state index contributed by atoms with van der Waals surface area (Å²) in [6.45, 7) is 2.08. The van der Waals surface area contributed by atoms with Crippen LogP contribution in [0.3, 0.4) is 0 Å². The Morgan fingerprint density at radius 1 is 1.44 bits per heavy atom. The fourth-order valence-corrected chi connectivity index (χ4v) is 1.61. The fraction of sp³-hybridized carbons (Fsp3) is 0.400. The van der Waals surface area contributed by atoms with E-state index in [2.05, 4.69) is 15.5 Å². The molecular weight excluding hydrogens is 210 g/mol. The van der Waals surface area contributed by atoms with Crippen molar-refractivity contribution in [3.8, 4) is 11.4 Å². The van der Waals surface area contributed by atoms with Crippen molar-refractivity contribution in [1.29, 1.82) is 0 Å². The maximum atomic E-state index is 5.33. The lowest BCUT2D eigenvalue weighted by Crippen LogP contribution is -2.34. The van der Waals surface area contributed by atoms with Crippen LogP contribution < -0.4 is 5.32 Å². The highest BCUT2D eigenvalue weighted by molar-refractivity contribution is 5.51. The van der Waals surface area contributed by atoms with Crippen LogP contribution in [0, 0.1) is 0 Å². The molecule has 0 aromatic carbocycles. The van der Waals surface area contributed by atoms with E-state index in [-0.39, 0.29) is 6.04 Å². The summed E-state index contributed by atoms with van der Waals surface area (Å²) in [5.41, 5.74) is 0.812. The van der Waals surface area contributed by atoms with Gasteiger partial charge in [-0.15, -0.1) is 0 Å². The molecule has 1 unspecified atom stereocenters. The minimum absolute atomic E-state index is 0.0121. The predicted molar refractivity (Wildman–Crippen MR) is 53.6 cm³/mol. The lowest BCUT2D eigenvalue weighted by atomic mass is 10.3. The standard InChI is InChI=1S/C10H11N3O3/c1-3-14-5-7(1)9-12-10(16-13-9)8-6-15-4-2-11-8/h1,3,5,8,11H,2,4,6H2. The maximum Gasteiger partial charge on any atom is 0.246 e. The predicted octanol–water partition coefficient (Wildman–Crippen LogP) is 0.990. The van der Waals surface area contributed by atoms with Crippen molar-refractivity contribution in [1.82, 2.24) is 15.5 Å². The molecule has 1 saturated heterocycles. The molecule has 2 aromatic heterocycles. The second-order valence-electron chi connectivity index (χ2n) is 3.55. The van der Waals surface area contributed by atoms with Crippen LogP contribution >= 0.6 is 0 Å². The van der Waals surface area contributed by atoms with Gasteiger partial charge in [0.15, 0.2) is 0 Å². The third-order valence-electron chi connectivity index (χ3n) is 2.44. The molecule has 6 nitrogen and oxygen atoms in total. The van der Waals surface area contributed by atoms with Crippen LogP contribution in [-0.2, 0) is 4.74 Å². The summed E-state index contributed by atoms with van der Waals surface area (Å²) in [5.74, 6) is 1.09. The largest absolute Gasteiger partial charge is 0.472 e. The van der Waals surface area contributed by atoms with E-state index in [9.17, 15) is 0 Å². The first-order chi connectivity index (χ1) is 7.93. The molecule has 6 heteroatoms. The Hall–Kier alpha value is -1.66. The average Bonchev–Trinajstić information content (AvgIpc) is 3.01. The molecule has 3 heterocycles. The van der Waals surface area contributed by atoms with Crippen molar-refractivity contribution in [2.75, 3.05) is 19.8 Å². The van der Waals surface area contributed by atoms with Crippen molar-refractivity contribution >= 4 is 0 Å². The van der Waals surface area contributed by atoms with Gasteiger partial charge in [-0.3, -0.25) is 0 Å². The highest BCUT2D eigenvalue weighted by Crippen LogP contribution is 2.19. The Bertz CT molecular complexity index is 446. The molecule has 1 fully saturated rings. The van der Waals surface area contributed by atoms with E-state index < -0.39 is 0 Å². The van der Waals surface area contributed by atoms with Gasteiger partial charge in [-0.05, 0) is 6.07 Å². The first kappa shape index (κ1) is 9.56. The zero-order chi connectivity index (χ0) is 10.8. The molecule has 1 aliphatic heterocycles. The summed E-state index contributed by atoms with van der Waals surface area (Å²) in [6, 6.07) is 1.78. The van der Waals surface area contributed by atoms with Crippen LogP contribution in [0.25, 0.3) is 11.4 Å². The number of nitrogens with zero attached hydrogens (tertiary/aromatic N) is 2. The van der Waals surface area contributed by atoms with Gasteiger partial charge in [0, 0.05) is 6.54 Å². The van der Waals surface area contributed by atoms with Gasteiger partial charge in [0.2, 0.25) is 11.7 Å². The highest BCUT2D eigenvalue weighted by Gasteiger charge is 2.22. The summed E-state index contributed by atoms with van der Waals surface area (Å²) in [7, 11) is 0. The number of ether oxygens (including phenoxy) is 1. The van der Waals surface area contributed by atoms with Crippen molar-refractivity contribution in [3.05, 3.63) is 24.5 Å². The monoisotopic (exact) mass is 221 g/mol. The van der Waals surface area contributed by atoms with Crippen LogP contribution in [-0.4, -0.2) is 29.9 Å². The Morgan fingerprint density at radius 3 is 3.19 bits per heavy atom. The Morgan fingerprint density at radius 2 is 2.44 bits per heavy atom. The molecular formula is C10H11N3O3. The number of aromatic nitrogens is 2. The zero-order valence-corrected chi connectivity index (χ0v) is 8.55. The van der Waals surface area contributed by atoms with Gasteiger partial charge in [-0.1, -0.05) is 5.16 Å². The van der Waals surface area contributed by atoms with Crippen LogP contribution in [0.1, 0.15) is 11.9 Å². The van der Waals surface area contributed by atoms with Gasteiger partial charge in [-0.25, -0.2) is 0 Å². The van der Waals surface area contributed by atoms with Crippen LogP contribution in [0.5, 0.6) is 0 Å². The van der Waals surface area contributed by atoms with Gasteiger partial charge in [0.05, 0.1) is 25.0 Å². The molecule has 0 amide bonds. The van der Waals surface area contributed by atoms with Crippen molar-refractivity contribution < 1.29 is 13.7 Å². The lowest BCUT2D eigenvalue weighted by molar-refractivity contribution is 0.0659. The SMILES string of the molecule is c1cc(-c2noc(C3COCCN3)n2)co1. The second-order valence-corrected chi connectivity index (χ2v) is 3.55. The summed E-state index contributed by atoms with van der Waals surface area (Å²) in [6.07, 6.45) is 3.16. The molecule has 0 saturated carbocycles. The van der Waals surface area contributed by atoms with Crippen LogP contribution in [0.15, 0.2) is 27.5 Å². The molecule has 1 atom stereocenters.